The maximum absolute atomic E-state index is 11.0. The fourth-order valence-corrected chi connectivity index (χ4v) is 1.51. The summed E-state index contributed by atoms with van der Waals surface area (Å²) in [5, 5.41) is 8.81. The van der Waals surface area contributed by atoms with Crippen molar-refractivity contribution >= 4 is 12.0 Å². The topological polar surface area (TPSA) is 94.6 Å². The number of amides is 1. The number of nitriles is 1. The van der Waals surface area contributed by atoms with Crippen LogP contribution in [-0.4, -0.2) is 27.2 Å². The third-order valence-corrected chi connectivity index (χ3v) is 2.38. The predicted molar refractivity (Wildman–Crippen MR) is 68.9 cm³/mol. The van der Waals surface area contributed by atoms with E-state index in [1.165, 1.54) is 27.4 Å². The van der Waals surface area contributed by atoms with Crippen LogP contribution in [0.4, 0.5) is 0 Å². The van der Waals surface area contributed by atoms with E-state index in [1.54, 1.807) is 18.2 Å². The van der Waals surface area contributed by atoms with Gasteiger partial charge in [-0.1, -0.05) is 0 Å². The van der Waals surface area contributed by atoms with Gasteiger partial charge in [-0.05, 0) is 23.8 Å². The van der Waals surface area contributed by atoms with E-state index in [0.29, 0.717) is 22.8 Å². The molecule has 0 aliphatic rings. The number of ether oxygens (including phenoxy) is 3. The van der Waals surface area contributed by atoms with Gasteiger partial charge in [-0.15, -0.1) is 0 Å². The van der Waals surface area contributed by atoms with Gasteiger partial charge in [-0.3, -0.25) is 4.79 Å². The highest BCUT2D eigenvalue weighted by atomic mass is 16.5. The molecule has 0 spiro atoms. The van der Waals surface area contributed by atoms with Crippen molar-refractivity contribution in [2.45, 2.75) is 0 Å². The van der Waals surface area contributed by atoms with Gasteiger partial charge in [0, 0.05) is 0 Å². The fourth-order valence-electron chi connectivity index (χ4n) is 1.51. The van der Waals surface area contributed by atoms with Crippen LogP contribution in [0.25, 0.3) is 6.08 Å². The zero-order valence-corrected chi connectivity index (χ0v) is 10.9. The molecule has 6 nitrogen and oxygen atoms in total. The molecule has 0 bridgehead atoms. The van der Waals surface area contributed by atoms with Crippen LogP contribution in [-0.2, 0) is 4.79 Å². The Bertz CT molecular complexity index is 533. The molecule has 0 aromatic heterocycles. The standard InChI is InChI=1S/C13H14N2O4/c1-17-10-5-8(4-9(7-14)13(15)16)6-11(18-2)12(10)19-3/h4-6H,1-3H3,(H2,15,16)/b9-4+. The summed E-state index contributed by atoms with van der Waals surface area (Å²) in [5.41, 5.74) is 5.46. The summed E-state index contributed by atoms with van der Waals surface area (Å²) < 4.78 is 15.5. The molecular weight excluding hydrogens is 248 g/mol. The van der Waals surface area contributed by atoms with Crippen molar-refractivity contribution in [1.29, 1.82) is 5.26 Å². The fraction of sp³-hybridized carbons (Fsp3) is 0.231. The van der Waals surface area contributed by atoms with Gasteiger partial charge in [0.1, 0.15) is 11.6 Å². The molecule has 0 atom stereocenters. The van der Waals surface area contributed by atoms with Gasteiger partial charge in [0.2, 0.25) is 5.75 Å². The number of hydrogen-bond acceptors (Lipinski definition) is 5. The minimum absolute atomic E-state index is 0.158. The average Bonchev–Trinajstić information content (AvgIpc) is 2.42. The molecule has 1 aromatic rings. The first-order valence-electron chi connectivity index (χ1n) is 5.29. The van der Waals surface area contributed by atoms with E-state index in [-0.39, 0.29) is 5.57 Å². The summed E-state index contributed by atoms with van der Waals surface area (Å²) in [6.07, 6.45) is 1.35. The molecule has 0 saturated carbocycles. The van der Waals surface area contributed by atoms with Crippen LogP contribution < -0.4 is 19.9 Å². The van der Waals surface area contributed by atoms with E-state index in [9.17, 15) is 4.79 Å². The molecule has 1 aromatic carbocycles. The molecule has 0 aliphatic heterocycles. The van der Waals surface area contributed by atoms with E-state index in [1.807, 2.05) is 0 Å². The van der Waals surface area contributed by atoms with E-state index in [4.69, 9.17) is 25.2 Å². The Hall–Kier alpha value is -2.68. The maximum atomic E-state index is 11.0. The summed E-state index contributed by atoms with van der Waals surface area (Å²) in [6.45, 7) is 0. The van der Waals surface area contributed by atoms with Crippen molar-refractivity contribution in [3.05, 3.63) is 23.3 Å². The molecule has 1 rings (SSSR count). The van der Waals surface area contributed by atoms with Crippen LogP contribution in [0.3, 0.4) is 0 Å². The van der Waals surface area contributed by atoms with Crippen molar-refractivity contribution in [1.82, 2.24) is 0 Å². The van der Waals surface area contributed by atoms with Crippen molar-refractivity contribution in [3.63, 3.8) is 0 Å². The third-order valence-electron chi connectivity index (χ3n) is 2.38. The molecule has 19 heavy (non-hydrogen) atoms. The summed E-state index contributed by atoms with van der Waals surface area (Å²) in [5.74, 6) is 0.487. The van der Waals surface area contributed by atoms with Crippen LogP contribution in [0, 0.1) is 11.3 Å². The number of carbonyl (C=O) groups excluding carboxylic acids is 1. The van der Waals surface area contributed by atoms with Crippen LogP contribution >= 0.6 is 0 Å². The SMILES string of the molecule is COc1cc(/C=C(\C#N)C(N)=O)cc(OC)c1OC. The Balaban J connectivity index is 3.39. The second-order valence-electron chi connectivity index (χ2n) is 3.49. The number of rotatable bonds is 5. The Kier molecular flexibility index (Phi) is 4.77. The smallest absolute Gasteiger partial charge is 0.259 e. The first-order valence-corrected chi connectivity index (χ1v) is 5.29. The molecule has 1 amide bonds. The number of methoxy groups -OCH3 is 3. The van der Waals surface area contributed by atoms with Gasteiger partial charge in [0.15, 0.2) is 11.5 Å². The number of nitrogens with two attached hydrogens (primary N) is 1. The molecule has 0 fully saturated rings. The van der Waals surface area contributed by atoms with Crippen molar-refractivity contribution < 1.29 is 19.0 Å². The Morgan fingerprint density at radius 2 is 1.74 bits per heavy atom. The second kappa shape index (κ2) is 6.31. The lowest BCUT2D eigenvalue weighted by Crippen LogP contribution is -2.12. The van der Waals surface area contributed by atoms with Gasteiger partial charge in [0.05, 0.1) is 21.3 Å². The van der Waals surface area contributed by atoms with Gasteiger partial charge in [0.25, 0.3) is 5.91 Å². The highest BCUT2D eigenvalue weighted by molar-refractivity contribution is 6.00. The van der Waals surface area contributed by atoms with E-state index in [0.717, 1.165) is 0 Å². The van der Waals surface area contributed by atoms with Crippen LogP contribution in [0.5, 0.6) is 17.2 Å². The summed E-state index contributed by atoms with van der Waals surface area (Å²) in [6, 6.07) is 4.95. The largest absolute Gasteiger partial charge is 0.493 e. The van der Waals surface area contributed by atoms with E-state index in [2.05, 4.69) is 0 Å². The Labute approximate surface area is 111 Å². The Morgan fingerprint density at radius 3 is 2.05 bits per heavy atom. The number of benzene rings is 1. The van der Waals surface area contributed by atoms with Crippen molar-refractivity contribution in [2.24, 2.45) is 5.73 Å². The summed E-state index contributed by atoms with van der Waals surface area (Å²) in [4.78, 5) is 11.0. The molecular formula is C13H14N2O4. The van der Waals surface area contributed by atoms with Gasteiger partial charge < -0.3 is 19.9 Å². The molecule has 0 saturated heterocycles. The summed E-state index contributed by atoms with van der Waals surface area (Å²) >= 11 is 0. The highest BCUT2D eigenvalue weighted by Gasteiger charge is 2.13. The van der Waals surface area contributed by atoms with Gasteiger partial charge in [-0.2, -0.15) is 5.26 Å². The number of nitrogens with zero attached hydrogens (tertiary/aromatic N) is 1. The predicted octanol–water partition coefficient (Wildman–Crippen LogP) is 1.10. The molecule has 0 heterocycles. The minimum Gasteiger partial charge on any atom is -0.493 e. The Morgan fingerprint density at radius 1 is 1.21 bits per heavy atom. The van der Waals surface area contributed by atoms with Gasteiger partial charge in [-0.25, -0.2) is 0 Å². The molecule has 0 aliphatic carbocycles. The van der Waals surface area contributed by atoms with Crippen molar-refractivity contribution in [2.75, 3.05) is 21.3 Å². The van der Waals surface area contributed by atoms with Crippen molar-refractivity contribution in [3.8, 4) is 23.3 Å². The number of carbonyl (C=O) groups is 1. The number of hydrogen-bond donors (Lipinski definition) is 1. The van der Waals surface area contributed by atoms with E-state index >= 15 is 0 Å². The lowest BCUT2D eigenvalue weighted by Gasteiger charge is -2.12. The quantitative estimate of drug-likeness (QED) is 0.633. The lowest BCUT2D eigenvalue weighted by molar-refractivity contribution is -0.114. The van der Waals surface area contributed by atoms with Crippen LogP contribution in [0.2, 0.25) is 0 Å². The van der Waals surface area contributed by atoms with E-state index < -0.39 is 5.91 Å². The molecule has 6 heteroatoms. The zero-order chi connectivity index (χ0) is 14.4. The molecule has 0 radical (unpaired) electrons. The van der Waals surface area contributed by atoms with Gasteiger partial charge >= 0.3 is 0 Å². The van der Waals surface area contributed by atoms with Crippen LogP contribution in [0.15, 0.2) is 17.7 Å². The number of primary amides is 1. The van der Waals surface area contributed by atoms with Crippen LogP contribution in [0.1, 0.15) is 5.56 Å². The monoisotopic (exact) mass is 262 g/mol. The average molecular weight is 262 g/mol. The summed E-state index contributed by atoms with van der Waals surface area (Å²) in [7, 11) is 4.44. The molecule has 100 valence electrons. The maximum Gasteiger partial charge on any atom is 0.259 e. The highest BCUT2D eigenvalue weighted by Crippen LogP contribution is 2.38. The minimum atomic E-state index is -0.795. The molecule has 2 N–H and O–H groups in total. The first kappa shape index (κ1) is 14.4. The molecule has 0 unspecified atom stereocenters. The lowest BCUT2D eigenvalue weighted by atomic mass is 10.1. The first-order chi connectivity index (χ1) is 9.07. The third kappa shape index (κ3) is 3.16. The normalized spacial score (nSPS) is 10.5. The second-order valence-corrected chi connectivity index (χ2v) is 3.49. The zero-order valence-electron chi connectivity index (χ0n) is 10.9.